The molecule has 0 spiro atoms. The van der Waals surface area contributed by atoms with E-state index in [2.05, 4.69) is 39.6 Å². The van der Waals surface area contributed by atoms with Gasteiger partial charge in [0.15, 0.2) is 0 Å². The Morgan fingerprint density at radius 2 is 1.76 bits per heavy atom. The third-order valence-corrected chi connectivity index (χ3v) is 6.51. The zero-order chi connectivity index (χ0) is 23.2. The van der Waals surface area contributed by atoms with Crippen LogP contribution in [0, 0.1) is 13.8 Å². The number of phenols is 1. The normalized spacial score (nSPS) is 15.0. The minimum atomic E-state index is 0.0446. The molecule has 6 nitrogen and oxygen atoms in total. The molecule has 1 fully saturated rings. The average Bonchev–Trinajstić information content (AvgIpc) is 3.26. The van der Waals surface area contributed by atoms with Crippen molar-refractivity contribution in [1.82, 2.24) is 14.7 Å². The average molecular weight is 447 g/mol. The van der Waals surface area contributed by atoms with Crippen molar-refractivity contribution in [1.29, 1.82) is 0 Å². The number of aromatic nitrogens is 2. The highest BCUT2D eigenvalue weighted by Crippen LogP contribution is 2.28. The molecule has 0 radical (unpaired) electrons. The Balaban J connectivity index is 1.26. The Hall–Kier alpha value is -3.12. The number of aryl methyl sites for hydroxylation is 3. The summed E-state index contributed by atoms with van der Waals surface area (Å²) in [6, 6.07) is 16.6. The molecule has 0 saturated carbocycles. The van der Waals surface area contributed by atoms with Gasteiger partial charge < -0.3 is 10.4 Å². The predicted octanol–water partition coefficient (Wildman–Crippen LogP) is 5.00. The van der Waals surface area contributed by atoms with Crippen molar-refractivity contribution < 1.29 is 9.90 Å². The molecular formula is C27H34N4O2. The molecule has 2 N–H and O–H groups in total. The maximum atomic E-state index is 12.5. The number of phenolic OH excluding ortho intramolecular Hbond substituents is 1. The largest absolute Gasteiger partial charge is 0.507 e. The van der Waals surface area contributed by atoms with E-state index < -0.39 is 0 Å². The number of aromatic hydroxyl groups is 1. The fourth-order valence-electron chi connectivity index (χ4n) is 4.72. The molecule has 3 aromatic rings. The third kappa shape index (κ3) is 6.02. The van der Waals surface area contributed by atoms with Crippen molar-refractivity contribution in [3.63, 3.8) is 0 Å². The molecule has 6 heteroatoms. The predicted molar refractivity (Wildman–Crippen MR) is 131 cm³/mol. The summed E-state index contributed by atoms with van der Waals surface area (Å²) in [6.07, 6.45) is 6.01. The van der Waals surface area contributed by atoms with Crippen LogP contribution in [-0.4, -0.2) is 38.8 Å². The molecule has 174 valence electrons. The van der Waals surface area contributed by atoms with E-state index in [9.17, 15) is 9.90 Å². The topological polar surface area (TPSA) is 70.4 Å². The lowest BCUT2D eigenvalue weighted by Crippen LogP contribution is -2.35. The van der Waals surface area contributed by atoms with Crippen molar-refractivity contribution in [3.05, 3.63) is 77.0 Å². The van der Waals surface area contributed by atoms with Crippen LogP contribution >= 0.6 is 0 Å². The number of anilines is 1. The summed E-state index contributed by atoms with van der Waals surface area (Å²) in [6.45, 7) is 6.75. The smallest absolute Gasteiger partial charge is 0.225 e. The number of piperidine rings is 1. The van der Waals surface area contributed by atoms with Gasteiger partial charge in [0.2, 0.25) is 5.91 Å². The number of amides is 1. The maximum Gasteiger partial charge on any atom is 0.225 e. The van der Waals surface area contributed by atoms with Crippen molar-refractivity contribution in [2.24, 2.45) is 0 Å². The molecule has 1 aromatic heterocycles. The second kappa shape index (κ2) is 10.7. The monoisotopic (exact) mass is 446 g/mol. The molecule has 1 amide bonds. The Kier molecular flexibility index (Phi) is 7.45. The van der Waals surface area contributed by atoms with Crippen LogP contribution in [0.5, 0.6) is 5.75 Å². The van der Waals surface area contributed by atoms with Gasteiger partial charge in [-0.1, -0.05) is 42.5 Å². The highest BCUT2D eigenvalue weighted by atomic mass is 16.3. The van der Waals surface area contributed by atoms with E-state index in [-0.39, 0.29) is 5.91 Å². The summed E-state index contributed by atoms with van der Waals surface area (Å²) in [5.74, 6) is 1.23. The quantitative estimate of drug-likeness (QED) is 0.511. The van der Waals surface area contributed by atoms with E-state index >= 15 is 0 Å². The molecule has 1 aliphatic rings. The molecule has 1 saturated heterocycles. The van der Waals surface area contributed by atoms with Gasteiger partial charge in [-0.2, -0.15) is 5.10 Å². The molecule has 2 aromatic carbocycles. The molecule has 2 heterocycles. The number of nitrogens with one attached hydrogen (secondary N) is 1. The molecule has 4 rings (SSSR count). The Bertz CT molecular complexity index is 1050. The van der Waals surface area contributed by atoms with E-state index in [4.69, 9.17) is 0 Å². The number of nitrogens with zero attached hydrogens (tertiary/aromatic N) is 3. The lowest BCUT2D eigenvalue weighted by Gasteiger charge is -2.33. The van der Waals surface area contributed by atoms with E-state index in [1.807, 2.05) is 42.8 Å². The molecule has 0 aliphatic carbocycles. The summed E-state index contributed by atoms with van der Waals surface area (Å²) >= 11 is 0. The van der Waals surface area contributed by atoms with E-state index in [0.29, 0.717) is 18.2 Å². The number of rotatable bonds is 8. The summed E-state index contributed by atoms with van der Waals surface area (Å²) in [4.78, 5) is 14.9. The number of benzene rings is 2. The highest BCUT2D eigenvalue weighted by Gasteiger charge is 2.23. The SMILES string of the molecule is Cc1cc(CN2CCC(n3nccc3NC(=O)CCCc3ccccc3)CC2)cc(C)c1O. The lowest BCUT2D eigenvalue weighted by atomic mass is 10.0. The second-order valence-electron chi connectivity index (χ2n) is 9.13. The van der Waals surface area contributed by atoms with Gasteiger partial charge in [0.25, 0.3) is 0 Å². The minimum absolute atomic E-state index is 0.0446. The van der Waals surface area contributed by atoms with Crippen LogP contribution < -0.4 is 5.32 Å². The van der Waals surface area contributed by atoms with Gasteiger partial charge in [-0.3, -0.25) is 9.69 Å². The van der Waals surface area contributed by atoms with Gasteiger partial charge in [-0.05, 0) is 61.8 Å². The minimum Gasteiger partial charge on any atom is -0.507 e. The van der Waals surface area contributed by atoms with Crippen molar-refractivity contribution in [2.45, 2.75) is 58.5 Å². The van der Waals surface area contributed by atoms with Gasteiger partial charge in [0.1, 0.15) is 11.6 Å². The first-order chi connectivity index (χ1) is 16.0. The van der Waals surface area contributed by atoms with Gasteiger partial charge in [0.05, 0.1) is 12.2 Å². The number of hydrogen-bond acceptors (Lipinski definition) is 4. The van der Waals surface area contributed by atoms with Crippen molar-refractivity contribution in [2.75, 3.05) is 18.4 Å². The Morgan fingerprint density at radius 1 is 1.06 bits per heavy atom. The summed E-state index contributed by atoms with van der Waals surface area (Å²) < 4.78 is 1.99. The van der Waals surface area contributed by atoms with Crippen LogP contribution in [0.4, 0.5) is 5.82 Å². The molecular weight excluding hydrogens is 412 g/mol. The maximum absolute atomic E-state index is 12.5. The molecule has 33 heavy (non-hydrogen) atoms. The molecule has 0 atom stereocenters. The van der Waals surface area contributed by atoms with Crippen LogP contribution in [0.3, 0.4) is 0 Å². The first-order valence-corrected chi connectivity index (χ1v) is 11.9. The van der Waals surface area contributed by atoms with E-state index in [1.165, 1.54) is 11.1 Å². The first-order valence-electron chi connectivity index (χ1n) is 11.9. The van der Waals surface area contributed by atoms with Crippen molar-refractivity contribution >= 4 is 11.7 Å². The standard InChI is InChI=1S/C27H34N4O2/c1-20-17-23(18-21(2)27(20)33)19-30-15-12-24(13-16-30)31-25(11-14-28-31)29-26(32)10-6-9-22-7-4-3-5-8-22/h3-5,7-8,11,14,17-18,24,33H,6,9-10,12-13,15-16,19H2,1-2H3,(H,29,32). The fraction of sp³-hybridized carbons (Fsp3) is 0.407. The van der Waals surface area contributed by atoms with Gasteiger partial charge in [-0.25, -0.2) is 4.68 Å². The fourth-order valence-corrected chi connectivity index (χ4v) is 4.72. The van der Waals surface area contributed by atoms with E-state index in [1.54, 1.807) is 6.20 Å². The second-order valence-corrected chi connectivity index (χ2v) is 9.13. The van der Waals surface area contributed by atoms with Crippen molar-refractivity contribution in [3.8, 4) is 5.75 Å². The van der Waals surface area contributed by atoms with Crippen LogP contribution in [-0.2, 0) is 17.8 Å². The number of hydrogen-bond donors (Lipinski definition) is 2. The zero-order valence-electron chi connectivity index (χ0n) is 19.6. The number of carbonyl (C=O) groups excluding carboxylic acids is 1. The summed E-state index contributed by atoms with van der Waals surface area (Å²) in [7, 11) is 0. The highest BCUT2D eigenvalue weighted by molar-refractivity contribution is 5.89. The van der Waals surface area contributed by atoms with Crippen LogP contribution in [0.15, 0.2) is 54.7 Å². The van der Waals surface area contributed by atoms with Gasteiger partial charge in [-0.15, -0.1) is 0 Å². The van der Waals surface area contributed by atoms with Crippen LogP contribution in [0.1, 0.15) is 54.0 Å². The van der Waals surface area contributed by atoms with Gasteiger partial charge >= 0.3 is 0 Å². The summed E-state index contributed by atoms with van der Waals surface area (Å²) in [5.41, 5.74) is 4.37. The number of carbonyl (C=O) groups is 1. The van der Waals surface area contributed by atoms with Crippen LogP contribution in [0.25, 0.3) is 0 Å². The van der Waals surface area contributed by atoms with E-state index in [0.717, 1.165) is 62.3 Å². The first kappa shape index (κ1) is 23.1. The van der Waals surface area contributed by atoms with Gasteiger partial charge in [0, 0.05) is 32.1 Å². The zero-order valence-corrected chi connectivity index (χ0v) is 19.6. The lowest BCUT2D eigenvalue weighted by molar-refractivity contribution is -0.116. The third-order valence-electron chi connectivity index (χ3n) is 6.51. The molecule has 1 aliphatic heterocycles. The Morgan fingerprint density at radius 3 is 2.45 bits per heavy atom. The molecule has 0 bridgehead atoms. The molecule has 0 unspecified atom stereocenters. The summed E-state index contributed by atoms with van der Waals surface area (Å²) in [5, 5.41) is 17.6. The number of likely N-dealkylation sites (tertiary alicyclic amines) is 1. The van der Waals surface area contributed by atoms with Crippen LogP contribution in [0.2, 0.25) is 0 Å². The Labute approximate surface area is 196 Å².